The van der Waals surface area contributed by atoms with Crippen LogP contribution in [0.1, 0.15) is 5.56 Å². The Hall–Kier alpha value is -0.980. The summed E-state index contributed by atoms with van der Waals surface area (Å²) in [5.41, 5.74) is 5.92. The van der Waals surface area contributed by atoms with Gasteiger partial charge in [-0.2, -0.15) is 0 Å². The molecule has 0 radical (unpaired) electrons. The molecule has 0 aliphatic heterocycles. The number of thiocarbonyl (C=S) groups is 1. The Kier molecular flexibility index (Phi) is 6.24. The summed E-state index contributed by atoms with van der Waals surface area (Å²) in [5.74, 6) is -0.180. The van der Waals surface area contributed by atoms with Crippen LogP contribution in [0.25, 0.3) is 0 Å². The second-order valence-corrected chi connectivity index (χ2v) is 5.06. The van der Waals surface area contributed by atoms with E-state index >= 15 is 0 Å². The lowest BCUT2D eigenvalue weighted by Crippen LogP contribution is -2.46. The van der Waals surface area contributed by atoms with Crippen LogP contribution in [0.3, 0.4) is 0 Å². The van der Waals surface area contributed by atoms with Gasteiger partial charge in [-0.05, 0) is 36.2 Å². The van der Waals surface area contributed by atoms with Crippen LogP contribution in [0.15, 0.2) is 23.1 Å². The Morgan fingerprint density at radius 3 is 2.72 bits per heavy atom. The fraction of sp³-hybridized carbons (Fsp3) is 0.273. The predicted molar refractivity (Wildman–Crippen MR) is 79.9 cm³/mol. The van der Waals surface area contributed by atoms with Gasteiger partial charge >= 0.3 is 0 Å². The minimum Gasteiger partial charge on any atom is -0.364 e. The molecule has 0 atom stereocenters. The van der Waals surface area contributed by atoms with Crippen molar-refractivity contribution in [3.63, 3.8) is 0 Å². The SMILES string of the molecule is CNC(=S)NNC(=O)Cc1ccc(SC)c(Cl)c1. The van der Waals surface area contributed by atoms with Gasteiger partial charge in [0.05, 0.1) is 11.4 Å². The van der Waals surface area contributed by atoms with Gasteiger partial charge in [0, 0.05) is 11.9 Å². The molecule has 0 unspecified atom stereocenters. The molecule has 4 nitrogen and oxygen atoms in total. The molecule has 0 aromatic heterocycles. The molecule has 0 aliphatic carbocycles. The smallest absolute Gasteiger partial charge is 0.242 e. The second-order valence-electron chi connectivity index (χ2n) is 3.40. The highest BCUT2D eigenvalue weighted by Crippen LogP contribution is 2.26. The quantitative estimate of drug-likeness (QED) is 0.451. The first-order valence-corrected chi connectivity index (χ1v) is 7.17. The largest absolute Gasteiger partial charge is 0.364 e. The number of carbonyl (C=O) groups is 1. The topological polar surface area (TPSA) is 53.2 Å². The molecule has 0 heterocycles. The van der Waals surface area contributed by atoms with Crippen molar-refractivity contribution in [1.82, 2.24) is 16.2 Å². The third kappa shape index (κ3) is 4.72. The first-order chi connectivity index (χ1) is 8.56. The number of thioether (sulfide) groups is 1. The zero-order valence-electron chi connectivity index (χ0n) is 10.0. The Morgan fingerprint density at radius 1 is 1.44 bits per heavy atom. The minimum atomic E-state index is -0.180. The van der Waals surface area contributed by atoms with Gasteiger partial charge in [0.2, 0.25) is 5.91 Å². The van der Waals surface area contributed by atoms with Gasteiger partial charge in [-0.3, -0.25) is 15.6 Å². The monoisotopic (exact) mass is 303 g/mol. The molecule has 1 rings (SSSR count). The van der Waals surface area contributed by atoms with Gasteiger partial charge in [0.25, 0.3) is 0 Å². The van der Waals surface area contributed by atoms with E-state index in [9.17, 15) is 4.79 Å². The second kappa shape index (κ2) is 7.45. The third-order valence-corrected chi connectivity index (χ3v) is 3.65. The van der Waals surface area contributed by atoms with E-state index in [0.29, 0.717) is 10.1 Å². The van der Waals surface area contributed by atoms with E-state index in [1.807, 2.05) is 18.4 Å². The fourth-order valence-electron chi connectivity index (χ4n) is 1.24. The molecule has 0 bridgehead atoms. The summed E-state index contributed by atoms with van der Waals surface area (Å²) in [5, 5.41) is 3.71. The van der Waals surface area contributed by atoms with Crippen molar-refractivity contribution in [2.75, 3.05) is 13.3 Å². The van der Waals surface area contributed by atoms with Gasteiger partial charge in [-0.15, -0.1) is 11.8 Å². The molecule has 0 spiro atoms. The Labute approximate surface area is 121 Å². The number of benzene rings is 1. The maximum Gasteiger partial charge on any atom is 0.242 e. The van der Waals surface area contributed by atoms with Crippen molar-refractivity contribution in [3.8, 4) is 0 Å². The lowest BCUT2D eigenvalue weighted by Gasteiger charge is -2.09. The molecule has 3 N–H and O–H groups in total. The predicted octanol–water partition coefficient (Wildman–Crippen LogP) is 1.73. The molecular formula is C11H14ClN3OS2. The molecule has 1 aromatic carbocycles. The standard InChI is InChI=1S/C11H14ClN3OS2/c1-13-11(17)15-14-10(16)6-7-3-4-9(18-2)8(12)5-7/h3-5H,6H2,1-2H3,(H,14,16)(H2,13,15,17). The summed E-state index contributed by atoms with van der Waals surface area (Å²) in [6, 6.07) is 5.58. The van der Waals surface area contributed by atoms with Crippen LogP contribution >= 0.6 is 35.6 Å². The summed E-state index contributed by atoms with van der Waals surface area (Å²) in [4.78, 5) is 12.6. The van der Waals surface area contributed by atoms with E-state index in [1.165, 1.54) is 0 Å². The van der Waals surface area contributed by atoms with Crippen molar-refractivity contribution >= 4 is 46.6 Å². The summed E-state index contributed by atoms with van der Waals surface area (Å²) in [6.45, 7) is 0. The molecule has 1 aromatic rings. The van der Waals surface area contributed by atoms with E-state index < -0.39 is 0 Å². The maximum atomic E-state index is 11.6. The number of carbonyl (C=O) groups excluding carboxylic acids is 1. The molecule has 0 fully saturated rings. The molecular weight excluding hydrogens is 290 g/mol. The van der Waals surface area contributed by atoms with Crippen molar-refractivity contribution < 1.29 is 4.79 Å². The number of amides is 1. The first kappa shape index (κ1) is 15.1. The van der Waals surface area contributed by atoms with Crippen molar-refractivity contribution in [2.45, 2.75) is 11.3 Å². The highest BCUT2D eigenvalue weighted by atomic mass is 35.5. The van der Waals surface area contributed by atoms with Gasteiger partial charge in [-0.1, -0.05) is 17.7 Å². The fourth-order valence-corrected chi connectivity index (χ4v) is 2.18. The van der Waals surface area contributed by atoms with Crippen molar-refractivity contribution in [3.05, 3.63) is 28.8 Å². The maximum absolute atomic E-state index is 11.6. The van der Waals surface area contributed by atoms with Crippen LogP contribution in [0.2, 0.25) is 5.02 Å². The highest BCUT2D eigenvalue weighted by molar-refractivity contribution is 7.98. The van der Waals surface area contributed by atoms with Crippen LogP contribution < -0.4 is 16.2 Å². The molecule has 7 heteroatoms. The average molecular weight is 304 g/mol. The van der Waals surface area contributed by atoms with E-state index in [1.54, 1.807) is 24.9 Å². The van der Waals surface area contributed by atoms with Gasteiger partial charge in [0.1, 0.15) is 0 Å². The lowest BCUT2D eigenvalue weighted by atomic mass is 10.1. The number of hydrazine groups is 1. The van der Waals surface area contributed by atoms with Crippen LogP contribution in [-0.4, -0.2) is 24.3 Å². The molecule has 18 heavy (non-hydrogen) atoms. The molecule has 98 valence electrons. The van der Waals surface area contributed by atoms with Crippen LogP contribution in [0.4, 0.5) is 0 Å². The summed E-state index contributed by atoms with van der Waals surface area (Å²) in [7, 11) is 1.67. The third-order valence-electron chi connectivity index (χ3n) is 2.12. The highest BCUT2D eigenvalue weighted by Gasteiger charge is 2.06. The number of hydrogen-bond donors (Lipinski definition) is 3. The Morgan fingerprint density at radius 2 is 2.17 bits per heavy atom. The average Bonchev–Trinajstić information content (AvgIpc) is 2.36. The lowest BCUT2D eigenvalue weighted by molar-refractivity contribution is -0.121. The van der Waals surface area contributed by atoms with E-state index in [2.05, 4.69) is 16.2 Å². The number of hydrogen-bond acceptors (Lipinski definition) is 3. The van der Waals surface area contributed by atoms with Crippen molar-refractivity contribution in [2.24, 2.45) is 0 Å². The summed E-state index contributed by atoms with van der Waals surface area (Å²) in [6.07, 6.45) is 2.20. The first-order valence-electron chi connectivity index (χ1n) is 5.15. The van der Waals surface area contributed by atoms with Gasteiger partial charge in [0.15, 0.2) is 5.11 Å². The summed E-state index contributed by atoms with van der Waals surface area (Å²) < 4.78 is 0. The van der Waals surface area contributed by atoms with Gasteiger partial charge in [-0.25, -0.2) is 0 Å². The summed E-state index contributed by atoms with van der Waals surface area (Å²) >= 11 is 12.5. The number of rotatable bonds is 3. The Balaban J connectivity index is 2.54. The number of halogens is 1. The van der Waals surface area contributed by atoms with Crippen LogP contribution in [-0.2, 0) is 11.2 Å². The zero-order valence-corrected chi connectivity index (χ0v) is 12.4. The minimum absolute atomic E-state index is 0.180. The van der Waals surface area contributed by atoms with Crippen molar-refractivity contribution in [1.29, 1.82) is 0 Å². The van der Waals surface area contributed by atoms with E-state index in [-0.39, 0.29) is 12.3 Å². The molecule has 0 aliphatic rings. The number of nitrogens with one attached hydrogen (secondary N) is 3. The van der Waals surface area contributed by atoms with E-state index in [0.717, 1.165) is 10.5 Å². The molecule has 0 saturated carbocycles. The Bertz CT molecular complexity index is 454. The zero-order chi connectivity index (χ0) is 13.5. The van der Waals surface area contributed by atoms with Crippen LogP contribution in [0.5, 0.6) is 0 Å². The normalized spacial score (nSPS) is 9.72. The molecule has 0 saturated heterocycles. The van der Waals surface area contributed by atoms with E-state index in [4.69, 9.17) is 23.8 Å². The van der Waals surface area contributed by atoms with Crippen LogP contribution in [0, 0.1) is 0 Å². The van der Waals surface area contributed by atoms with Gasteiger partial charge < -0.3 is 5.32 Å². The molecule has 1 amide bonds.